The van der Waals surface area contributed by atoms with Crippen molar-refractivity contribution in [1.29, 1.82) is 0 Å². The molecule has 5 rings (SSSR count). The summed E-state index contributed by atoms with van der Waals surface area (Å²) in [6, 6.07) is 14.3. The number of H-pyrrole nitrogens is 1. The third-order valence-electron chi connectivity index (χ3n) is 5.84. The lowest BCUT2D eigenvalue weighted by Crippen LogP contribution is -2.35. The summed E-state index contributed by atoms with van der Waals surface area (Å²) in [5.41, 5.74) is 3.58. The van der Waals surface area contributed by atoms with E-state index in [0.717, 1.165) is 30.8 Å². The second-order valence-electron chi connectivity index (χ2n) is 8.02. The SMILES string of the molecule is Cl.Cl.Oc1nc(N[C@H](CN2CCCCC2)c2ccccc2)[nH]c1C=C1C=Nc2ncccc21. The van der Waals surface area contributed by atoms with Crippen LogP contribution in [0.1, 0.15) is 42.1 Å². The molecule has 0 amide bonds. The van der Waals surface area contributed by atoms with E-state index in [0.29, 0.717) is 17.5 Å². The number of aromatic amines is 1. The molecule has 1 saturated heterocycles. The predicted molar refractivity (Wildman–Crippen MR) is 138 cm³/mol. The maximum absolute atomic E-state index is 10.4. The Morgan fingerprint density at radius 3 is 2.64 bits per heavy atom. The fourth-order valence-electron chi connectivity index (χ4n) is 4.23. The Morgan fingerprint density at radius 1 is 1.06 bits per heavy atom. The van der Waals surface area contributed by atoms with Crippen LogP contribution in [0, 0.1) is 0 Å². The zero-order chi connectivity index (χ0) is 21.0. The lowest BCUT2D eigenvalue weighted by atomic mass is 10.0. The van der Waals surface area contributed by atoms with Crippen LogP contribution in [0.15, 0.2) is 53.7 Å². The number of anilines is 1. The van der Waals surface area contributed by atoms with Gasteiger partial charge in [-0.15, -0.1) is 24.8 Å². The molecule has 1 aromatic carbocycles. The zero-order valence-electron chi connectivity index (χ0n) is 18.1. The largest absolute Gasteiger partial charge is 0.492 e. The van der Waals surface area contributed by atoms with E-state index in [1.54, 1.807) is 12.4 Å². The fraction of sp³-hybridized carbons (Fsp3) is 0.292. The number of likely N-dealkylation sites (tertiary alicyclic amines) is 1. The highest BCUT2D eigenvalue weighted by Crippen LogP contribution is 2.32. The third kappa shape index (κ3) is 5.74. The van der Waals surface area contributed by atoms with E-state index in [1.165, 1.54) is 24.8 Å². The number of aliphatic imine (C=N–C) groups is 1. The number of nitrogens with zero attached hydrogens (tertiary/aromatic N) is 4. The van der Waals surface area contributed by atoms with Gasteiger partial charge in [-0.05, 0) is 49.7 Å². The number of hydrogen-bond donors (Lipinski definition) is 3. The van der Waals surface area contributed by atoms with Gasteiger partial charge >= 0.3 is 0 Å². The van der Waals surface area contributed by atoms with Crippen LogP contribution >= 0.6 is 24.8 Å². The van der Waals surface area contributed by atoms with Gasteiger partial charge < -0.3 is 20.3 Å². The summed E-state index contributed by atoms with van der Waals surface area (Å²) in [4.78, 5) is 18.6. The van der Waals surface area contributed by atoms with Crippen molar-refractivity contribution in [2.24, 2.45) is 4.99 Å². The minimum atomic E-state index is -0.0366. The van der Waals surface area contributed by atoms with Crippen molar-refractivity contribution in [3.8, 4) is 5.88 Å². The van der Waals surface area contributed by atoms with Crippen LogP contribution in [0.3, 0.4) is 0 Å². The summed E-state index contributed by atoms with van der Waals surface area (Å²) in [6.45, 7) is 3.14. The summed E-state index contributed by atoms with van der Waals surface area (Å²) in [5, 5.41) is 14.0. The molecule has 1 atom stereocenters. The van der Waals surface area contributed by atoms with Crippen LogP contribution in [-0.2, 0) is 0 Å². The molecule has 2 aliphatic heterocycles. The van der Waals surface area contributed by atoms with Crippen molar-refractivity contribution in [2.75, 3.05) is 25.0 Å². The molecule has 174 valence electrons. The quantitative estimate of drug-likeness (QED) is 0.442. The van der Waals surface area contributed by atoms with Gasteiger partial charge in [-0.25, -0.2) is 9.98 Å². The first-order valence-corrected chi connectivity index (χ1v) is 10.8. The van der Waals surface area contributed by atoms with Gasteiger partial charge in [0.05, 0.1) is 6.04 Å². The number of halogens is 2. The average molecular weight is 487 g/mol. The smallest absolute Gasteiger partial charge is 0.238 e. The minimum absolute atomic E-state index is 0. The molecule has 1 fully saturated rings. The molecule has 0 bridgehead atoms. The molecule has 0 saturated carbocycles. The van der Waals surface area contributed by atoms with Crippen molar-refractivity contribution in [3.05, 3.63) is 65.5 Å². The summed E-state index contributed by atoms with van der Waals surface area (Å²) >= 11 is 0. The van der Waals surface area contributed by atoms with Crippen molar-refractivity contribution in [3.63, 3.8) is 0 Å². The van der Waals surface area contributed by atoms with Gasteiger partial charge in [-0.1, -0.05) is 36.8 Å². The van der Waals surface area contributed by atoms with Crippen molar-refractivity contribution >= 4 is 54.4 Å². The lowest BCUT2D eigenvalue weighted by molar-refractivity contribution is 0.220. The average Bonchev–Trinajstić information content (AvgIpc) is 3.38. The van der Waals surface area contributed by atoms with E-state index >= 15 is 0 Å². The number of hydrogen-bond acceptors (Lipinski definition) is 6. The number of imidazole rings is 1. The number of nitrogens with one attached hydrogen (secondary N) is 2. The second kappa shape index (κ2) is 11.3. The maximum atomic E-state index is 10.4. The van der Waals surface area contributed by atoms with Gasteiger partial charge in [0.1, 0.15) is 5.69 Å². The zero-order valence-corrected chi connectivity index (χ0v) is 19.8. The first kappa shape index (κ1) is 24.8. The van der Waals surface area contributed by atoms with Gasteiger partial charge in [-0.3, -0.25) is 0 Å². The Bertz CT molecular complexity index is 1110. The standard InChI is InChI=1S/C24H26N6O.2ClH/c31-23-20(14-18-15-26-22-19(18)10-7-11-25-22)27-24(29-23)28-21(17-8-3-1-4-9-17)16-30-12-5-2-6-13-30;;/h1,3-4,7-11,14-15,21,31H,2,5-6,12-13,16H2,(H2,27,28,29);2*1H/t21-;;/m1../s1. The molecule has 0 aliphatic carbocycles. The molecule has 7 nitrogen and oxygen atoms in total. The maximum Gasteiger partial charge on any atom is 0.238 e. The molecule has 33 heavy (non-hydrogen) atoms. The Labute approximate surface area is 205 Å². The Morgan fingerprint density at radius 2 is 1.85 bits per heavy atom. The topological polar surface area (TPSA) is 89.4 Å². The molecule has 3 N–H and O–H groups in total. The molecule has 0 unspecified atom stereocenters. The van der Waals surface area contributed by atoms with Crippen molar-refractivity contribution in [2.45, 2.75) is 25.3 Å². The number of piperidine rings is 1. The Kier molecular flexibility index (Phi) is 8.49. The molecular weight excluding hydrogens is 459 g/mol. The van der Waals surface area contributed by atoms with Gasteiger partial charge in [0.15, 0.2) is 5.82 Å². The summed E-state index contributed by atoms with van der Waals surface area (Å²) in [6.07, 6.45) is 9.14. The van der Waals surface area contributed by atoms with E-state index in [1.807, 2.05) is 24.3 Å². The number of aromatic nitrogens is 3. The Balaban J connectivity index is 0.00000153. The highest BCUT2D eigenvalue weighted by Gasteiger charge is 2.20. The normalized spacial score (nSPS) is 17.2. The van der Waals surface area contributed by atoms with Crippen LogP contribution in [-0.4, -0.2) is 50.8 Å². The molecule has 2 aromatic heterocycles. The molecule has 0 spiro atoms. The van der Waals surface area contributed by atoms with Gasteiger partial charge in [0, 0.05) is 30.1 Å². The highest BCUT2D eigenvalue weighted by molar-refractivity contribution is 6.20. The van der Waals surface area contributed by atoms with Crippen LogP contribution in [0.2, 0.25) is 0 Å². The number of allylic oxidation sites excluding steroid dienone is 1. The minimum Gasteiger partial charge on any atom is -0.492 e. The summed E-state index contributed by atoms with van der Waals surface area (Å²) in [7, 11) is 0. The molecule has 3 aromatic rings. The number of rotatable bonds is 6. The fourth-order valence-corrected chi connectivity index (χ4v) is 4.23. The molecular formula is C24H28Cl2N6O. The molecule has 2 aliphatic rings. The van der Waals surface area contributed by atoms with Crippen LogP contribution in [0.5, 0.6) is 5.88 Å². The van der Waals surface area contributed by atoms with Gasteiger partial charge in [0.25, 0.3) is 0 Å². The first-order chi connectivity index (χ1) is 15.3. The molecule has 0 radical (unpaired) electrons. The van der Waals surface area contributed by atoms with Gasteiger partial charge in [-0.2, -0.15) is 4.98 Å². The first-order valence-electron chi connectivity index (χ1n) is 10.8. The van der Waals surface area contributed by atoms with Gasteiger partial charge in [0.2, 0.25) is 11.8 Å². The number of benzene rings is 1. The van der Waals surface area contributed by atoms with Crippen LogP contribution in [0.25, 0.3) is 11.6 Å². The second-order valence-corrected chi connectivity index (χ2v) is 8.02. The lowest BCUT2D eigenvalue weighted by Gasteiger charge is -2.31. The molecule has 9 heteroatoms. The molecule has 4 heterocycles. The Hall–Kier alpha value is -2.87. The van der Waals surface area contributed by atoms with E-state index < -0.39 is 0 Å². The van der Waals surface area contributed by atoms with E-state index in [2.05, 4.69) is 54.4 Å². The summed E-state index contributed by atoms with van der Waals surface area (Å²) < 4.78 is 0. The van der Waals surface area contributed by atoms with E-state index in [9.17, 15) is 5.11 Å². The van der Waals surface area contributed by atoms with Crippen LogP contribution in [0.4, 0.5) is 11.8 Å². The predicted octanol–water partition coefficient (Wildman–Crippen LogP) is 5.25. The number of fused-ring (bicyclic) bond motifs is 1. The van der Waals surface area contributed by atoms with Crippen LogP contribution < -0.4 is 5.32 Å². The van der Waals surface area contributed by atoms with Crippen molar-refractivity contribution in [1.82, 2.24) is 19.9 Å². The number of aromatic hydroxyl groups is 1. The third-order valence-corrected chi connectivity index (χ3v) is 5.84. The van der Waals surface area contributed by atoms with Crippen molar-refractivity contribution < 1.29 is 5.11 Å². The summed E-state index contributed by atoms with van der Waals surface area (Å²) in [5.74, 6) is 1.21. The monoisotopic (exact) mass is 486 g/mol. The van der Waals surface area contributed by atoms with E-state index in [-0.39, 0.29) is 36.7 Å². The van der Waals surface area contributed by atoms with E-state index in [4.69, 9.17) is 0 Å². The number of pyridine rings is 1. The highest BCUT2D eigenvalue weighted by atomic mass is 35.5.